The number of amides is 1. The van der Waals surface area contributed by atoms with Crippen LogP contribution < -0.4 is 10.3 Å². The normalized spacial score (nSPS) is 11.2. The van der Waals surface area contributed by atoms with E-state index in [-0.39, 0.29) is 5.91 Å². The van der Waals surface area contributed by atoms with Crippen LogP contribution in [0.15, 0.2) is 53.6 Å². The van der Waals surface area contributed by atoms with Gasteiger partial charge in [0.1, 0.15) is 0 Å². The fraction of sp³-hybridized carbons (Fsp3) is 0.176. The van der Waals surface area contributed by atoms with Gasteiger partial charge < -0.3 is 4.90 Å². The predicted molar refractivity (Wildman–Crippen MR) is 91.9 cm³/mol. The molecule has 5 heteroatoms. The minimum atomic E-state index is -0.237. The van der Waals surface area contributed by atoms with Gasteiger partial charge >= 0.3 is 0 Å². The Labute approximate surface area is 135 Å². The third-order valence-corrected chi connectivity index (χ3v) is 3.49. The van der Waals surface area contributed by atoms with Crippen molar-refractivity contribution in [2.24, 2.45) is 5.10 Å². The molecule has 2 aromatic rings. The molecule has 0 heterocycles. The highest BCUT2D eigenvalue weighted by Crippen LogP contribution is 2.12. The first-order valence-corrected chi connectivity index (χ1v) is 7.23. The van der Waals surface area contributed by atoms with Gasteiger partial charge in [-0.3, -0.25) is 4.79 Å². The largest absolute Gasteiger partial charge is 0.378 e. The SMILES string of the molecule is CC(=NNC(=O)c1ccc(N(C)C)cc1)c1ccc(Cl)cc1. The number of hydrazone groups is 1. The van der Waals surface area contributed by atoms with Gasteiger partial charge in [-0.05, 0) is 48.9 Å². The number of nitrogens with zero attached hydrogens (tertiary/aromatic N) is 2. The molecule has 0 saturated carbocycles. The maximum absolute atomic E-state index is 12.1. The van der Waals surface area contributed by atoms with Gasteiger partial charge in [-0.15, -0.1) is 0 Å². The zero-order chi connectivity index (χ0) is 16.1. The van der Waals surface area contributed by atoms with E-state index in [2.05, 4.69) is 10.5 Å². The van der Waals surface area contributed by atoms with Crippen LogP contribution in [0.1, 0.15) is 22.8 Å². The van der Waals surface area contributed by atoms with Crippen LogP contribution >= 0.6 is 11.6 Å². The van der Waals surface area contributed by atoms with Crippen molar-refractivity contribution in [3.63, 3.8) is 0 Å². The lowest BCUT2D eigenvalue weighted by Gasteiger charge is -2.12. The van der Waals surface area contributed by atoms with Crippen molar-refractivity contribution in [2.45, 2.75) is 6.92 Å². The number of hydrogen-bond donors (Lipinski definition) is 1. The summed E-state index contributed by atoms with van der Waals surface area (Å²) >= 11 is 5.85. The van der Waals surface area contributed by atoms with E-state index < -0.39 is 0 Å². The van der Waals surface area contributed by atoms with E-state index >= 15 is 0 Å². The lowest BCUT2D eigenvalue weighted by atomic mass is 10.1. The van der Waals surface area contributed by atoms with E-state index in [9.17, 15) is 4.79 Å². The first kappa shape index (κ1) is 16.0. The number of hydrogen-bond acceptors (Lipinski definition) is 3. The Bertz CT molecular complexity index is 676. The minimum absolute atomic E-state index is 0.237. The lowest BCUT2D eigenvalue weighted by molar-refractivity contribution is 0.0955. The van der Waals surface area contributed by atoms with Crippen LogP contribution in [-0.4, -0.2) is 25.7 Å². The highest BCUT2D eigenvalue weighted by Gasteiger charge is 2.05. The molecule has 1 N–H and O–H groups in total. The fourth-order valence-electron chi connectivity index (χ4n) is 1.87. The van der Waals surface area contributed by atoms with E-state index in [0.29, 0.717) is 10.6 Å². The number of halogens is 1. The van der Waals surface area contributed by atoms with E-state index in [1.165, 1.54) is 0 Å². The smallest absolute Gasteiger partial charge is 0.271 e. The van der Waals surface area contributed by atoms with E-state index in [4.69, 9.17) is 11.6 Å². The predicted octanol–water partition coefficient (Wildman–Crippen LogP) is 3.56. The molecule has 1 amide bonds. The average Bonchev–Trinajstić information content (AvgIpc) is 2.53. The van der Waals surface area contributed by atoms with Crippen molar-refractivity contribution in [2.75, 3.05) is 19.0 Å². The molecule has 22 heavy (non-hydrogen) atoms. The number of carbonyl (C=O) groups excluding carboxylic acids is 1. The molecule has 0 spiro atoms. The van der Waals surface area contributed by atoms with Crippen LogP contribution in [0.3, 0.4) is 0 Å². The number of nitrogens with one attached hydrogen (secondary N) is 1. The molecule has 2 rings (SSSR count). The molecule has 0 aliphatic rings. The van der Waals surface area contributed by atoms with Gasteiger partial charge in [0.05, 0.1) is 5.71 Å². The molecule has 114 valence electrons. The summed E-state index contributed by atoms with van der Waals surface area (Å²) in [7, 11) is 3.91. The van der Waals surface area contributed by atoms with Crippen LogP contribution in [0.5, 0.6) is 0 Å². The Morgan fingerprint density at radius 2 is 1.55 bits per heavy atom. The molecule has 0 unspecified atom stereocenters. The Kier molecular flexibility index (Phi) is 5.17. The van der Waals surface area contributed by atoms with Crippen LogP contribution in [0, 0.1) is 0 Å². The molecule has 0 atom stereocenters. The highest BCUT2D eigenvalue weighted by atomic mass is 35.5. The Morgan fingerprint density at radius 3 is 2.09 bits per heavy atom. The molecule has 0 fully saturated rings. The summed E-state index contributed by atoms with van der Waals surface area (Å²) in [5, 5.41) is 4.79. The summed E-state index contributed by atoms with van der Waals surface area (Å²) in [6.07, 6.45) is 0. The summed E-state index contributed by atoms with van der Waals surface area (Å²) in [5.41, 5.74) is 5.80. The van der Waals surface area contributed by atoms with E-state index in [1.54, 1.807) is 24.3 Å². The molecule has 0 radical (unpaired) electrons. The third-order valence-electron chi connectivity index (χ3n) is 3.23. The van der Waals surface area contributed by atoms with Crippen LogP contribution in [0.25, 0.3) is 0 Å². The van der Waals surface area contributed by atoms with Gasteiger partial charge in [0.25, 0.3) is 5.91 Å². The minimum Gasteiger partial charge on any atom is -0.378 e. The van der Waals surface area contributed by atoms with Crippen LogP contribution in [0.2, 0.25) is 5.02 Å². The zero-order valence-corrected chi connectivity index (χ0v) is 13.6. The lowest BCUT2D eigenvalue weighted by Crippen LogP contribution is -2.19. The molecule has 0 bridgehead atoms. The number of carbonyl (C=O) groups is 1. The second-order valence-corrected chi connectivity index (χ2v) is 5.52. The summed E-state index contributed by atoms with van der Waals surface area (Å²) in [6.45, 7) is 1.83. The van der Waals surface area contributed by atoms with E-state index in [0.717, 1.165) is 17.0 Å². The molecule has 0 saturated heterocycles. The number of anilines is 1. The van der Waals surface area contributed by atoms with Crippen LogP contribution in [0.4, 0.5) is 5.69 Å². The summed E-state index contributed by atoms with van der Waals surface area (Å²) in [6, 6.07) is 14.6. The summed E-state index contributed by atoms with van der Waals surface area (Å²) in [4.78, 5) is 14.0. The Morgan fingerprint density at radius 1 is 1.00 bits per heavy atom. The standard InChI is InChI=1S/C17H18ClN3O/c1-12(13-4-8-15(18)9-5-13)19-20-17(22)14-6-10-16(11-7-14)21(2)3/h4-11H,1-3H3,(H,20,22). The first-order valence-electron chi connectivity index (χ1n) is 6.85. The molecule has 0 aliphatic carbocycles. The molecular formula is C17H18ClN3O. The van der Waals surface area contributed by atoms with Crippen molar-refractivity contribution < 1.29 is 4.79 Å². The number of benzene rings is 2. The van der Waals surface area contributed by atoms with Gasteiger partial charge in [0.15, 0.2) is 0 Å². The van der Waals surface area contributed by atoms with Crippen molar-refractivity contribution in [1.29, 1.82) is 0 Å². The maximum Gasteiger partial charge on any atom is 0.271 e. The van der Waals surface area contributed by atoms with Crippen molar-refractivity contribution in [3.05, 3.63) is 64.7 Å². The van der Waals surface area contributed by atoms with Gasteiger partial charge in [0.2, 0.25) is 0 Å². The quantitative estimate of drug-likeness (QED) is 0.692. The monoisotopic (exact) mass is 315 g/mol. The summed E-state index contributed by atoms with van der Waals surface area (Å²) in [5.74, 6) is -0.237. The van der Waals surface area contributed by atoms with Gasteiger partial charge in [-0.25, -0.2) is 5.43 Å². The van der Waals surface area contributed by atoms with Crippen LogP contribution in [-0.2, 0) is 0 Å². The van der Waals surface area contributed by atoms with Crippen molar-refractivity contribution in [1.82, 2.24) is 5.43 Å². The van der Waals surface area contributed by atoms with Crippen molar-refractivity contribution in [3.8, 4) is 0 Å². The second kappa shape index (κ2) is 7.09. The Balaban J connectivity index is 2.05. The molecule has 0 aromatic heterocycles. The van der Waals surface area contributed by atoms with Gasteiger partial charge in [-0.1, -0.05) is 23.7 Å². The molecule has 2 aromatic carbocycles. The number of rotatable bonds is 4. The van der Waals surface area contributed by atoms with Gasteiger partial charge in [0, 0.05) is 30.4 Å². The highest BCUT2D eigenvalue weighted by molar-refractivity contribution is 6.30. The topological polar surface area (TPSA) is 44.7 Å². The van der Waals surface area contributed by atoms with E-state index in [1.807, 2.05) is 50.2 Å². The molecular weight excluding hydrogens is 298 g/mol. The first-order chi connectivity index (χ1) is 10.5. The second-order valence-electron chi connectivity index (χ2n) is 5.09. The fourth-order valence-corrected chi connectivity index (χ4v) is 1.99. The zero-order valence-electron chi connectivity index (χ0n) is 12.8. The summed E-state index contributed by atoms with van der Waals surface area (Å²) < 4.78 is 0. The maximum atomic E-state index is 12.1. The molecule has 4 nitrogen and oxygen atoms in total. The van der Waals surface area contributed by atoms with Crippen molar-refractivity contribution >= 4 is 28.9 Å². The third kappa shape index (κ3) is 4.09. The Hall–Kier alpha value is -2.33. The van der Waals surface area contributed by atoms with Gasteiger partial charge in [-0.2, -0.15) is 5.10 Å². The molecule has 0 aliphatic heterocycles. The average molecular weight is 316 g/mol.